The molecule has 94 valence electrons. The largest absolute Gasteiger partial charge is 0.372 e. The minimum Gasteiger partial charge on any atom is -0.372 e. The van der Waals surface area contributed by atoms with Crippen molar-refractivity contribution in [3.63, 3.8) is 0 Å². The van der Waals surface area contributed by atoms with Crippen molar-refractivity contribution in [2.45, 2.75) is 12.5 Å². The second kappa shape index (κ2) is 5.06. The molecule has 0 aromatic carbocycles. The van der Waals surface area contributed by atoms with E-state index in [4.69, 9.17) is 4.74 Å². The number of fused-ring (bicyclic) bond motifs is 1. The number of rotatable bonds is 2. The van der Waals surface area contributed by atoms with Gasteiger partial charge in [0.1, 0.15) is 0 Å². The van der Waals surface area contributed by atoms with Gasteiger partial charge in [-0.25, -0.2) is 0 Å². The summed E-state index contributed by atoms with van der Waals surface area (Å²) in [4.78, 5) is 6.47. The van der Waals surface area contributed by atoms with Gasteiger partial charge in [-0.1, -0.05) is 0 Å². The Kier molecular flexibility index (Phi) is 3.47. The summed E-state index contributed by atoms with van der Waals surface area (Å²) in [5.41, 5.74) is 1.44. The molecule has 0 saturated carbocycles. The smallest absolute Gasteiger partial charge is 0.0962 e. The van der Waals surface area contributed by atoms with E-state index in [9.17, 15) is 0 Å². The molecule has 2 aliphatic heterocycles. The molecule has 1 fully saturated rings. The molecular weight excluding hydrogens is 232 g/mol. The lowest BCUT2D eigenvalue weighted by Gasteiger charge is -2.35. The maximum atomic E-state index is 5.94. The number of piperazine rings is 1. The van der Waals surface area contributed by atoms with Crippen LogP contribution in [0.4, 0.5) is 0 Å². The van der Waals surface area contributed by atoms with Crippen LogP contribution in [0.3, 0.4) is 0 Å². The van der Waals surface area contributed by atoms with Gasteiger partial charge in [0.2, 0.25) is 0 Å². The number of ether oxygens (including phenoxy) is 1. The Morgan fingerprint density at radius 3 is 3.00 bits per heavy atom. The van der Waals surface area contributed by atoms with E-state index < -0.39 is 0 Å². The van der Waals surface area contributed by atoms with E-state index in [-0.39, 0.29) is 0 Å². The van der Waals surface area contributed by atoms with Gasteiger partial charge in [-0.15, -0.1) is 11.3 Å². The minimum absolute atomic E-state index is 0.313. The Bertz CT molecular complexity index is 371. The SMILES string of the molecule is CN1CCN(CC2OCCc3sccc32)CC1. The highest BCUT2D eigenvalue weighted by atomic mass is 32.1. The summed E-state index contributed by atoms with van der Waals surface area (Å²) in [5, 5.41) is 2.20. The van der Waals surface area contributed by atoms with Crippen molar-refractivity contribution >= 4 is 11.3 Å². The predicted molar refractivity (Wildman–Crippen MR) is 70.7 cm³/mol. The first-order chi connectivity index (χ1) is 8.33. The van der Waals surface area contributed by atoms with Crippen LogP contribution in [0.1, 0.15) is 16.5 Å². The topological polar surface area (TPSA) is 15.7 Å². The molecule has 3 rings (SSSR count). The third-order valence-corrected chi connectivity index (χ3v) is 4.79. The van der Waals surface area contributed by atoms with Gasteiger partial charge in [-0.2, -0.15) is 0 Å². The molecule has 0 bridgehead atoms. The maximum Gasteiger partial charge on any atom is 0.0962 e. The lowest BCUT2D eigenvalue weighted by atomic mass is 10.1. The number of nitrogens with zero attached hydrogens (tertiary/aromatic N) is 2. The maximum absolute atomic E-state index is 5.94. The number of thiophene rings is 1. The van der Waals surface area contributed by atoms with Crippen molar-refractivity contribution in [3.05, 3.63) is 21.9 Å². The van der Waals surface area contributed by atoms with Crippen molar-refractivity contribution in [1.29, 1.82) is 0 Å². The standard InChI is InChI=1S/C13H20N2OS/c1-14-4-6-15(7-5-14)10-12-11-3-9-17-13(11)2-8-16-12/h3,9,12H,2,4-8,10H2,1H3. The van der Waals surface area contributed by atoms with Crippen molar-refractivity contribution in [3.8, 4) is 0 Å². The van der Waals surface area contributed by atoms with Crippen LogP contribution in [-0.4, -0.2) is 56.2 Å². The third-order valence-electron chi connectivity index (χ3n) is 3.79. The minimum atomic E-state index is 0.313. The summed E-state index contributed by atoms with van der Waals surface area (Å²) < 4.78 is 5.94. The number of hydrogen-bond acceptors (Lipinski definition) is 4. The molecule has 0 spiro atoms. The molecule has 1 unspecified atom stereocenters. The average molecular weight is 252 g/mol. The second-order valence-electron chi connectivity index (χ2n) is 5.01. The Balaban J connectivity index is 1.63. The van der Waals surface area contributed by atoms with Crippen LogP contribution in [0.5, 0.6) is 0 Å². The summed E-state index contributed by atoms with van der Waals surface area (Å²) in [6.07, 6.45) is 1.42. The van der Waals surface area contributed by atoms with Crippen molar-refractivity contribution < 1.29 is 4.74 Å². The number of likely N-dealkylation sites (N-methyl/N-ethyl adjacent to an activating group) is 1. The zero-order valence-electron chi connectivity index (χ0n) is 10.4. The van der Waals surface area contributed by atoms with E-state index in [0.717, 1.165) is 19.6 Å². The van der Waals surface area contributed by atoms with E-state index in [1.165, 1.54) is 36.6 Å². The van der Waals surface area contributed by atoms with Gasteiger partial charge >= 0.3 is 0 Å². The van der Waals surface area contributed by atoms with E-state index in [1.54, 1.807) is 0 Å². The fourth-order valence-electron chi connectivity index (χ4n) is 2.64. The molecular formula is C13H20N2OS. The molecule has 0 radical (unpaired) electrons. The van der Waals surface area contributed by atoms with Crippen LogP contribution in [0.2, 0.25) is 0 Å². The lowest BCUT2D eigenvalue weighted by molar-refractivity contribution is 0.00754. The summed E-state index contributed by atoms with van der Waals surface area (Å²) in [7, 11) is 2.20. The van der Waals surface area contributed by atoms with E-state index >= 15 is 0 Å². The Labute approximate surface area is 107 Å². The first-order valence-corrected chi connectivity index (χ1v) is 7.29. The van der Waals surface area contributed by atoms with Gasteiger partial charge in [0.15, 0.2) is 0 Å². The molecule has 1 atom stereocenters. The van der Waals surface area contributed by atoms with E-state index in [1.807, 2.05) is 11.3 Å². The normalized spacial score (nSPS) is 27.0. The lowest BCUT2D eigenvalue weighted by Crippen LogP contribution is -2.46. The van der Waals surface area contributed by atoms with Crippen LogP contribution >= 0.6 is 11.3 Å². The van der Waals surface area contributed by atoms with Gasteiger partial charge in [0.05, 0.1) is 12.7 Å². The molecule has 0 aliphatic carbocycles. The fourth-order valence-corrected chi connectivity index (χ4v) is 3.56. The molecule has 4 heteroatoms. The van der Waals surface area contributed by atoms with Gasteiger partial charge in [-0.3, -0.25) is 4.90 Å². The van der Waals surface area contributed by atoms with Crippen LogP contribution in [0, 0.1) is 0 Å². The second-order valence-corrected chi connectivity index (χ2v) is 6.01. The first-order valence-electron chi connectivity index (χ1n) is 6.42. The van der Waals surface area contributed by atoms with Gasteiger partial charge in [0.25, 0.3) is 0 Å². The molecule has 1 aromatic rings. The molecule has 0 N–H and O–H groups in total. The van der Waals surface area contributed by atoms with Crippen molar-refractivity contribution in [1.82, 2.24) is 9.80 Å². The van der Waals surface area contributed by atoms with E-state index in [0.29, 0.717) is 6.10 Å². The Morgan fingerprint density at radius 2 is 2.18 bits per heavy atom. The average Bonchev–Trinajstić information content (AvgIpc) is 2.81. The molecule has 1 saturated heterocycles. The highest BCUT2D eigenvalue weighted by Crippen LogP contribution is 2.31. The third kappa shape index (κ3) is 2.55. The van der Waals surface area contributed by atoms with Crippen LogP contribution in [0.15, 0.2) is 11.4 Å². The highest BCUT2D eigenvalue weighted by molar-refractivity contribution is 7.10. The Morgan fingerprint density at radius 1 is 1.35 bits per heavy atom. The van der Waals surface area contributed by atoms with Gasteiger partial charge in [-0.05, 0) is 24.1 Å². The van der Waals surface area contributed by atoms with Crippen LogP contribution < -0.4 is 0 Å². The van der Waals surface area contributed by atoms with Gasteiger partial charge < -0.3 is 9.64 Å². The van der Waals surface area contributed by atoms with Crippen LogP contribution in [-0.2, 0) is 11.2 Å². The molecule has 0 amide bonds. The summed E-state index contributed by atoms with van der Waals surface area (Å²) in [6, 6.07) is 2.25. The summed E-state index contributed by atoms with van der Waals surface area (Å²) >= 11 is 1.88. The molecule has 1 aromatic heterocycles. The zero-order valence-corrected chi connectivity index (χ0v) is 11.2. The predicted octanol–water partition coefficient (Wildman–Crippen LogP) is 1.61. The molecule has 3 nitrogen and oxygen atoms in total. The summed E-state index contributed by atoms with van der Waals surface area (Å²) in [6.45, 7) is 6.68. The first kappa shape index (κ1) is 11.7. The van der Waals surface area contributed by atoms with E-state index in [2.05, 4.69) is 28.3 Å². The summed E-state index contributed by atoms with van der Waals surface area (Å²) in [5.74, 6) is 0. The van der Waals surface area contributed by atoms with Crippen LogP contribution in [0.25, 0.3) is 0 Å². The van der Waals surface area contributed by atoms with Crippen molar-refractivity contribution in [2.24, 2.45) is 0 Å². The van der Waals surface area contributed by atoms with Gasteiger partial charge in [0, 0.05) is 44.0 Å². The Hall–Kier alpha value is -0.420. The number of hydrogen-bond donors (Lipinski definition) is 0. The fraction of sp³-hybridized carbons (Fsp3) is 0.692. The van der Waals surface area contributed by atoms with Crippen molar-refractivity contribution in [2.75, 3.05) is 46.4 Å². The molecule has 17 heavy (non-hydrogen) atoms. The molecule has 2 aliphatic rings. The molecule has 3 heterocycles. The quantitative estimate of drug-likeness (QED) is 0.795. The zero-order chi connectivity index (χ0) is 11.7. The highest BCUT2D eigenvalue weighted by Gasteiger charge is 2.25. The monoisotopic (exact) mass is 252 g/mol.